The molecular weight excluding hydrogens is 180 g/mol. The fourth-order valence-electron chi connectivity index (χ4n) is 3.79. The molecule has 0 bridgehead atoms. The minimum Gasteiger partial charge on any atom is -0.0817 e. The van der Waals surface area contributed by atoms with E-state index in [1.165, 1.54) is 32.1 Å². The molecule has 2 aliphatic rings. The van der Waals surface area contributed by atoms with Crippen molar-refractivity contribution in [3.63, 3.8) is 0 Å². The van der Waals surface area contributed by atoms with Crippen LogP contribution in [0.4, 0.5) is 0 Å². The quantitative estimate of drug-likeness (QED) is 0.499. The van der Waals surface area contributed by atoms with E-state index < -0.39 is 0 Å². The summed E-state index contributed by atoms with van der Waals surface area (Å²) in [5.74, 6) is 2.76. The summed E-state index contributed by atoms with van der Waals surface area (Å²) in [6.07, 6.45) is 9.71. The van der Waals surface area contributed by atoms with Gasteiger partial charge in [-0.15, -0.1) is 0 Å². The zero-order chi connectivity index (χ0) is 11.1. The molecule has 2 rings (SSSR count). The molecule has 86 valence electrons. The molecule has 0 heteroatoms. The molecule has 2 aliphatic carbocycles. The normalized spacial score (nSPS) is 40.3. The lowest BCUT2D eigenvalue weighted by molar-refractivity contribution is 0.143. The fraction of sp³-hybridized carbons (Fsp3) is 0.867. The average Bonchev–Trinajstić information content (AvgIpc) is 2.26. The third kappa shape index (κ3) is 2.14. The molecule has 0 N–H and O–H groups in total. The number of fused-ring (bicyclic) bond motifs is 1. The molecule has 0 radical (unpaired) electrons. The molecule has 0 aliphatic heterocycles. The Labute approximate surface area is 95.1 Å². The number of hydrogen-bond acceptors (Lipinski definition) is 0. The molecule has 0 nitrogen and oxygen atoms in total. The van der Waals surface area contributed by atoms with Gasteiger partial charge >= 0.3 is 0 Å². The second-order valence-corrected chi connectivity index (χ2v) is 6.60. The van der Waals surface area contributed by atoms with Crippen LogP contribution < -0.4 is 0 Å². The van der Waals surface area contributed by atoms with Crippen LogP contribution in [-0.2, 0) is 0 Å². The summed E-state index contributed by atoms with van der Waals surface area (Å²) in [5.41, 5.74) is 2.18. The van der Waals surface area contributed by atoms with Crippen LogP contribution in [0.2, 0.25) is 0 Å². The highest BCUT2D eigenvalue weighted by Crippen LogP contribution is 2.49. The van der Waals surface area contributed by atoms with Crippen molar-refractivity contribution in [1.29, 1.82) is 0 Å². The van der Waals surface area contributed by atoms with E-state index in [9.17, 15) is 0 Å². The van der Waals surface area contributed by atoms with E-state index in [1.807, 2.05) is 0 Å². The summed E-state index contributed by atoms with van der Waals surface area (Å²) in [5, 5.41) is 0. The third-order valence-corrected chi connectivity index (χ3v) is 4.91. The summed E-state index contributed by atoms with van der Waals surface area (Å²) in [6.45, 7) is 9.77. The lowest BCUT2D eigenvalue weighted by Gasteiger charge is -2.41. The molecule has 0 amide bonds. The zero-order valence-corrected chi connectivity index (χ0v) is 10.8. The maximum Gasteiger partial charge on any atom is -0.0149 e. The van der Waals surface area contributed by atoms with Crippen molar-refractivity contribution in [1.82, 2.24) is 0 Å². The van der Waals surface area contributed by atoms with Crippen molar-refractivity contribution >= 4 is 0 Å². The fourth-order valence-corrected chi connectivity index (χ4v) is 3.79. The van der Waals surface area contributed by atoms with E-state index in [0.717, 1.165) is 17.8 Å². The van der Waals surface area contributed by atoms with E-state index in [0.29, 0.717) is 5.41 Å². The first-order valence-electron chi connectivity index (χ1n) is 6.68. The highest BCUT2D eigenvalue weighted by Gasteiger charge is 2.40. The Balaban J connectivity index is 2.30. The molecule has 0 saturated heterocycles. The summed E-state index contributed by atoms with van der Waals surface area (Å²) >= 11 is 0. The van der Waals surface area contributed by atoms with Crippen LogP contribution in [0.3, 0.4) is 0 Å². The van der Waals surface area contributed by atoms with Gasteiger partial charge in [-0.1, -0.05) is 45.3 Å². The van der Waals surface area contributed by atoms with Crippen LogP contribution in [-0.4, -0.2) is 0 Å². The topological polar surface area (TPSA) is 0 Å². The van der Waals surface area contributed by atoms with Crippen molar-refractivity contribution in [2.75, 3.05) is 0 Å². The summed E-state index contributed by atoms with van der Waals surface area (Å²) < 4.78 is 0. The maximum atomic E-state index is 2.61. The van der Waals surface area contributed by atoms with Gasteiger partial charge in [0.1, 0.15) is 0 Å². The van der Waals surface area contributed by atoms with Crippen LogP contribution in [0.25, 0.3) is 0 Å². The van der Waals surface area contributed by atoms with Gasteiger partial charge in [0.25, 0.3) is 0 Å². The molecule has 15 heavy (non-hydrogen) atoms. The van der Waals surface area contributed by atoms with E-state index >= 15 is 0 Å². The Hall–Kier alpha value is -0.260. The van der Waals surface area contributed by atoms with Gasteiger partial charge < -0.3 is 0 Å². The van der Waals surface area contributed by atoms with Gasteiger partial charge in [-0.25, -0.2) is 0 Å². The number of rotatable bonds is 0. The molecule has 3 atom stereocenters. The Kier molecular flexibility index (Phi) is 2.96. The lowest BCUT2D eigenvalue weighted by Crippen LogP contribution is -2.32. The van der Waals surface area contributed by atoms with E-state index in [1.54, 1.807) is 5.57 Å². The Bertz CT molecular complexity index is 259. The van der Waals surface area contributed by atoms with Crippen molar-refractivity contribution in [2.24, 2.45) is 23.2 Å². The van der Waals surface area contributed by atoms with Gasteiger partial charge in [0.2, 0.25) is 0 Å². The van der Waals surface area contributed by atoms with Gasteiger partial charge in [-0.3, -0.25) is 0 Å². The first-order valence-corrected chi connectivity index (χ1v) is 6.68. The molecule has 1 saturated carbocycles. The van der Waals surface area contributed by atoms with Gasteiger partial charge in [0, 0.05) is 0 Å². The smallest absolute Gasteiger partial charge is 0.0149 e. The minimum atomic E-state index is 0.539. The van der Waals surface area contributed by atoms with Crippen molar-refractivity contribution < 1.29 is 0 Å². The lowest BCUT2D eigenvalue weighted by atomic mass is 9.64. The summed E-state index contributed by atoms with van der Waals surface area (Å²) in [4.78, 5) is 0. The zero-order valence-electron chi connectivity index (χ0n) is 10.8. The van der Waals surface area contributed by atoms with Gasteiger partial charge in [-0.2, -0.15) is 0 Å². The second kappa shape index (κ2) is 3.96. The molecular formula is C15H26. The SMILES string of the molecule is CC1=C[C@H]2C(CC1)C(C)CCCC2(C)C. The third-order valence-electron chi connectivity index (χ3n) is 4.91. The summed E-state index contributed by atoms with van der Waals surface area (Å²) in [7, 11) is 0. The average molecular weight is 206 g/mol. The molecule has 0 aromatic carbocycles. The standard InChI is InChI=1S/C15H26/c1-11-7-8-13-12(2)6-5-9-15(3,4)14(13)10-11/h10,12-14H,5-9H2,1-4H3/t12?,13?,14-/m0/s1. The van der Waals surface area contributed by atoms with E-state index in [4.69, 9.17) is 0 Å². The predicted molar refractivity (Wildman–Crippen MR) is 66.8 cm³/mol. The van der Waals surface area contributed by atoms with Crippen LogP contribution in [0, 0.1) is 23.2 Å². The molecule has 2 unspecified atom stereocenters. The highest BCUT2D eigenvalue weighted by atomic mass is 14.4. The van der Waals surface area contributed by atoms with Crippen molar-refractivity contribution in [3.8, 4) is 0 Å². The molecule has 0 aromatic heterocycles. The van der Waals surface area contributed by atoms with Gasteiger partial charge in [0.15, 0.2) is 0 Å². The van der Waals surface area contributed by atoms with Crippen molar-refractivity contribution in [2.45, 2.75) is 59.8 Å². The van der Waals surface area contributed by atoms with Gasteiger partial charge in [-0.05, 0) is 49.4 Å². The molecule has 1 fully saturated rings. The second-order valence-electron chi connectivity index (χ2n) is 6.60. The first-order chi connectivity index (χ1) is 7.00. The van der Waals surface area contributed by atoms with Crippen LogP contribution in [0.5, 0.6) is 0 Å². The number of allylic oxidation sites excluding steroid dienone is 2. The Morgan fingerprint density at radius 3 is 2.73 bits per heavy atom. The van der Waals surface area contributed by atoms with E-state index in [-0.39, 0.29) is 0 Å². The molecule has 0 heterocycles. The Morgan fingerprint density at radius 2 is 2.00 bits per heavy atom. The Morgan fingerprint density at radius 1 is 1.27 bits per heavy atom. The van der Waals surface area contributed by atoms with Gasteiger partial charge in [0.05, 0.1) is 0 Å². The van der Waals surface area contributed by atoms with E-state index in [2.05, 4.69) is 33.8 Å². The number of hydrogen-bond donors (Lipinski definition) is 0. The summed E-state index contributed by atoms with van der Waals surface area (Å²) in [6, 6.07) is 0. The predicted octanol–water partition coefficient (Wildman–Crippen LogP) is 4.81. The molecule has 0 spiro atoms. The minimum absolute atomic E-state index is 0.539. The largest absolute Gasteiger partial charge is 0.0817 e. The first kappa shape index (κ1) is 11.2. The monoisotopic (exact) mass is 206 g/mol. The molecule has 0 aromatic rings. The van der Waals surface area contributed by atoms with Crippen molar-refractivity contribution in [3.05, 3.63) is 11.6 Å². The van der Waals surface area contributed by atoms with Crippen LogP contribution in [0.15, 0.2) is 11.6 Å². The highest BCUT2D eigenvalue weighted by molar-refractivity contribution is 5.11. The van der Waals surface area contributed by atoms with Crippen LogP contribution in [0.1, 0.15) is 59.8 Å². The maximum absolute atomic E-state index is 2.61. The van der Waals surface area contributed by atoms with Crippen LogP contribution >= 0.6 is 0 Å².